The average molecular weight is 714 g/mol. The fourth-order valence-corrected chi connectivity index (χ4v) is 9.49. The molecule has 0 aliphatic heterocycles. The minimum absolute atomic E-state index is 0.452. The molecule has 56 heavy (non-hydrogen) atoms. The van der Waals surface area contributed by atoms with Gasteiger partial charge in [-0.05, 0) is 67.8 Å². The predicted octanol–water partition coefficient (Wildman–Crippen LogP) is 12.8. The first-order valence-electron chi connectivity index (χ1n) is 19.0. The van der Waals surface area contributed by atoms with Crippen molar-refractivity contribution in [3.63, 3.8) is 0 Å². The Morgan fingerprint density at radius 1 is 0.321 bits per heavy atom. The van der Waals surface area contributed by atoms with Gasteiger partial charge in [0.1, 0.15) is 11.2 Å². The van der Waals surface area contributed by atoms with E-state index in [-0.39, 0.29) is 0 Å². The number of rotatable bonds is 4. The fraction of sp³-hybridized carbons (Fsp3) is 0.0192. The second kappa shape index (κ2) is 11.8. The molecule has 8 aromatic carbocycles. The second-order valence-electron chi connectivity index (χ2n) is 14.6. The van der Waals surface area contributed by atoms with Gasteiger partial charge in [-0.2, -0.15) is 0 Å². The van der Waals surface area contributed by atoms with E-state index in [0.717, 1.165) is 49.8 Å². The summed E-state index contributed by atoms with van der Waals surface area (Å²) in [6.07, 6.45) is 0. The van der Waals surface area contributed by atoms with Gasteiger partial charge in [0.2, 0.25) is 0 Å². The molecule has 4 nitrogen and oxygen atoms in total. The van der Waals surface area contributed by atoms with Gasteiger partial charge in [0.15, 0.2) is 17.5 Å². The third kappa shape index (κ3) is 4.27. The van der Waals surface area contributed by atoms with Gasteiger partial charge in [0, 0.05) is 27.5 Å². The summed E-state index contributed by atoms with van der Waals surface area (Å²) in [5, 5.41) is 2.23. The van der Waals surface area contributed by atoms with Crippen molar-refractivity contribution in [1.29, 1.82) is 0 Å². The molecule has 0 N–H and O–H groups in total. The van der Waals surface area contributed by atoms with Crippen molar-refractivity contribution < 1.29 is 4.42 Å². The molecule has 10 aromatic rings. The van der Waals surface area contributed by atoms with Crippen LogP contribution in [0.2, 0.25) is 0 Å². The number of para-hydroxylation sites is 1. The number of aromatic nitrogens is 3. The molecule has 0 fully saturated rings. The molecule has 2 aliphatic rings. The third-order valence-corrected chi connectivity index (χ3v) is 11.8. The van der Waals surface area contributed by atoms with Crippen LogP contribution in [-0.4, -0.2) is 15.0 Å². The van der Waals surface area contributed by atoms with Crippen LogP contribution < -0.4 is 0 Å². The van der Waals surface area contributed by atoms with E-state index >= 15 is 0 Å². The van der Waals surface area contributed by atoms with Crippen LogP contribution in [0.5, 0.6) is 0 Å². The quantitative estimate of drug-likeness (QED) is 0.182. The molecule has 0 amide bonds. The van der Waals surface area contributed by atoms with Gasteiger partial charge in [-0.25, -0.2) is 15.0 Å². The number of fused-ring (bicyclic) bond motifs is 13. The van der Waals surface area contributed by atoms with Crippen LogP contribution in [-0.2, 0) is 5.41 Å². The van der Waals surface area contributed by atoms with Crippen LogP contribution in [0.4, 0.5) is 0 Å². The molecule has 1 spiro atoms. The predicted molar refractivity (Wildman–Crippen MR) is 225 cm³/mol. The molecule has 0 bridgehead atoms. The summed E-state index contributed by atoms with van der Waals surface area (Å²) in [6.45, 7) is 0. The van der Waals surface area contributed by atoms with E-state index in [2.05, 4.69) is 152 Å². The molecule has 260 valence electrons. The number of hydrogen-bond donors (Lipinski definition) is 0. The van der Waals surface area contributed by atoms with Crippen LogP contribution >= 0.6 is 0 Å². The molecule has 0 unspecified atom stereocenters. The van der Waals surface area contributed by atoms with Gasteiger partial charge >= 0.3 is 0 Å². The highest BCUT2D eigenvalue weighted by molar-refractivity contribution is 6.12. The lowest BCUT2D eigenvalue weighted by Gasteiger charge is -2.30. The van der Waals surface area contributed by atoms with Crippen molar-refractivity contribution in [1.82, 2.24) is 15.0 Å². The summed E-state index contributed by atoms with van der Waals surface area (Å²) in [4.78, 5) is 15.7. The molecule has 0 saturated carbocycles. The Morgan fingerprint density at radius 2 is 0.804 bits per heavy atom. The Kier molecular flexibility index (Phi) is 6.52. The van der Waals surface area contributed by atoms with Crippen LogP contribution in [0.3, 0.4) is 0 Å². The normalized spacial score (nSPS) is 13.1. The van der Waals surface area contributed by atoms with Crippen molar-refractivity contribution in [2.75, 3.05) is 0 Å². The minimum Gasteiger partial charge on any atom is -0.456 e. The zero-order chi connectivity index (χ0) is 36.8. The Labute approximate surface area is 323 Å². The number of benzene rings is 8. The molecule has 0 saturated heterocycles. The molecular weight excluding hydrogens is 683 g/mol. The summed E-state index contributed by atoms with van der Waals surface area (Å²) in [5.41, 5.74) is 16.5. The van der Waals surface area contributed by atoms with Gasteiger partial charge in [0.25, 0.3) is 0 Å². The SMILES string of the molecule is c1ccc(-c2nc(-c3ccc(-c4cccc5oc6ccccc6c45)cc3)nc(-c3cccc4c3-c3ccccc3C43c4ccccc4-c4ccccc43)n2)cc1. The van der Waals surface area contributed by atoms with Gasteiger partial charge in [-0.3, -0.25) is 0 Å². The van der Waals surface area contributed by atoms with Crippen LogP contribution in [0, 0.1) is 0 Å². The zero-order valence-electron chi connectivity index (χ0n) is 30.1. The van der Waals surface area contributed by atoms with E-state index < -0.39 is 5.41 Å². The fourth-order valence-electron chi connectivity index (χ4n) is 9.49. The average Bonchev–Trinajstić information content (AvgIpc) is 3.91. The van der Waals surface area contributed by atoms with Crippen LogP contribution in [0.15, 0.2) is 192 Å². The zero-order valence-corrected chi connectivity index (χ0v) is 30.1. The van der Waals surface area contributed by atoms with Crippen molar-refractivity contribution in [2.45, 2.75) is 5.41 Å². The maximum absolute atomic E-state index is 6.21. The Morgan fingerprint density at radius 3 is 1.54 bits per heavy atom. The van der Waals surface area contributed by atoms with Gasteiger partial charge < -0.3 is 4.42 Å². The smallest absolute Gasteiger partial charge is 0.164 e. The highest BCUT2D eigenvalue weighted by Gasteiger charge is 2.52. The highest BCUT2D eigenvalue weighted by atomic mass is 16.3. The lowest BCUT2D eigenvalue weighted by Crippen LogP contribution is -2.25. The summed E-state index contributed by atoms with van der Waals surface area (Å²) >= 11 is 0. The summed E-state index contributed by atoms with van der Waals surface area (Å²) in [7, 11) is 0. The van der Waals surface area contributed by atoms with Gasteiger partial charge in [0.05, 0.1) is 5.41 Å². The second-order valence-corrected chi connectivity index (χ2v) is 14.6. The molecule has 4 heteroatoms. The molecular formula is C52H31N3O. The van der Waals surface area contributed by atoms with E-state index in [1.165, 1.54) is 44.5 Å². The third-order valence-electron chi connectivity index (χ3n) is 11.8. The van der Waals surface area contributed by atoms with Crippen LogP contribution in [0.25, 0.3) is 89.5 Å². The topological polar surface area (TPSA) is 51.8 Å². The largest absolute Gasteiger partial charge is 0.456 e. The summed E-state index contributed by atoms with van der Waals surface area (Å²) < 4.78 is 6.21. The number of nitrogens with zero attached hydrogens (tertiary/aromatic N) is 3. The molecule has 0 atom stereocenters. The molecule has 2 heterocycles. The highest BCUT2D eigenvalue weighted by Crippen LogP contribution is 2.63. The van der Waals surface area contributed by atoms with Crippen molar-refractivity contribution >= 4 is 21.9 Å². The van der Waals surface area contributed by atoms with E-state index in [9.17, 15) is 0 Å². The Hall–Kier alpha value is -7.43. The first-order valence-corrected chi connectivity index (χ1v) is 19.0. The number of hydrogen-bond acceptors (Lipinski definition) is 4. The summed E-state index contributed by atoms with van der Waals surface area (Å²) in [5.74, 6) is 1.91. The Bertz CT molecular complexity index is 3150. The minimum atomic E-state index is -0.452. The first-order chi connectivity index (χ1) is 27.8. The van der Waals surface area contributed by atoms with Crippen molar-refractivity contribution in [2.24, 2.45) is 0 Å². The monoisotopic (exact) mass is 713 g/mol. The van der Waals surface area contributed by atoms with E-state index in [0.29, 0.717) is 17.5 Å². The molecule has 2 aromatic heterocycles. The van der Waals surface area contributed by atoms with E-state index in [1.54, 1.807) is 0 Å². The van der Waals surface area contributed by atoms with Gasteiger partial charge in [-0.1, -0.05) is 176 Å². The van der Waals surface area contributed by atoms with Crippen LogP contribution in [0.1, 0.15) is 22.3 Å². The summed E-state index contributed by atoms with van der Waals surface area (Å²) in [6, 6.07) is 66.6. The first kappa shape index (κ1) is 31.0. The maximum Gasteiger partial charge on any atom is 0.164 e. The molecule has 0 radical (unpaired) electrons. The van der Waals surface area contributed by atoms with Gasteiger partial charge in [-0.15, -0.1) is 0 Å². The maximum atomic E-state index is 6.21. The standard InChI is InChI=1S/C52H31N3O/c1-2-14-33(15-3-1)49-53-50(34-30-28-32(29-31-34)35-20-13-27-46-48(35)39-19-7-11-26-45(39)56-46)55-51(54-49)40-21-12-25-44-47(40)38-18-6-10-24-43(38)52(44)41-22-8-4-16-36(41)37-17-5-9-23-42(37)52/h1-31H. The lowest BCUT2D eigenvalue weighted by molar-refractivity contribution is 0.669. The van der Waals surface area contributed by atoms with Crippen molar-refractivity contribution in [3.05, 3.63) is 210 Å². The van der Waals surface area contributed by atoms with E-state index in [1.807, 2.05) is 36.4 Å². The lowest BCUT2D eigenvalue weighted by atomic mass is 9.70. The van der Waals surface area contributed by atoms with Crippen molar-refractivity contribution in [3.8, 4) is 67.5 Å². The van der Waals surface area contributed by atoms with E-state index in [4.69, 9.17) is 19.4 Å². The Balaban J connectivity index is 1.06. The molecule has 2 aliphatic carbocycles. The molecule has 12 rings (SSSR count). The number of furan rings is 1.